The van der Waals surface area contributed by atoms with Crippen molar-refractivity contribution in [2.24, 2.45) is 0 Å². The lowest BCUT2D eigenvalue weighted by molar-refractivity contribution is 0.102. The lowest BCUT2D eigenvalue weighted by Crippen LogP contribution is -2.19. The monoisotopic (exact) mass is 419 g/mol. The Labute approximate surface area is 179 Å². The van der Waals surface area contributed by atoms with Crippen LogP contribution >= 0.6 is 0 Å². The SMILES string of the molecule is COc1ccc(NC(=O)c2cc3c(N(C)Cc4ccccc4)nc(C)cn3n2)cc1F. The molecule has 0 aliphatic carbocycles. The van der Waals surface area contributed by atoms with E-state index in [2.05, 4.69) is 15.4 Å². The minimum Gasteiger partial charge on any atom is -0.494 e. The fraction of sp³-hybridized carbons (Fsp3) is 0.174. The number of amides is 1. The average Bonchev–Trinajstić information content (AvgIpc) is 3.18. The van der Waals surface area contributed by atoms with Crippen molar-refractivity contribution >= 4 is 22.9 Å². The molecular weight excluding hydrogens is 397 g/mol. The second kappa shape index (κ2) is 8.43. The van der Waals surface area contributed by atoms with Crippen LogP contribution in [0.2, 0.25) is 0 Å². The van der Waals surface area contributed by atoms with E-state index in [0.29, 0.717) is 23.6 Å². The molecule has 0 aliphatic heterocycles. The highest BCUT2D eigenvalue weighted by molar-refractivity contribution is 6.04. The van der Waals surface area contributed by atoms with Crippen molar-refractivity contribution in [2.45, 2.75) is 13.5 Å². The highest BCUT2D eigenvalue weighted by Gasteiger charge is 2.17. The molecule has 2 aromatic heterocycles. The maximum atomic E-state index is 13.9. The van der Waals surface area contributed by atoms with Crippen LogP contribution < -0.4 is 15.0 Å². The zero-order chi connectivity index (χ0) is 22.0. The zero-order valence-corrected chi connectivity index (χ0v) is 17.5. The molecule has 2 heterocycles. The maximum absolute atomic E-state index is 13.9. The van der Waals surface area contributed by atoms with Gasteiger partial charge in [-0.05, 0) is 24.6 Å². The number of halogens is 1. The predicted molar refractivity (Wildman–Crippen MR) is 117 cm³/mol. The standard InChI is InChI=1S/C23H22FN5O2/c1-15-13-29-20(22(25-15)28(2)14-16-7-5-4-6-8-16)12-19(27-29)23(30)26-17-9-10-21(31-3)18(24)11-17/h4-13H,14H2,1-3H3,(H,26,30). The number of rotatable bonds is 6. The highest BCUT2D eigenvalue weighted by atomic mass is 19.1. The molecule has 8 heteroatoms. The van der Waals surface area contributed by atoms with Crippen molar-refractivity contribution in [2.75, 3.05) is 24.4 Å². The smallest absolute Gasteiger partial charge is 0.276 e. The Morgan fingerprint density at radius 2 is 1.97 bits per heavy atom. The van der Waals surface area contributed by atoms with E-state index in [9.17, 15) is 9.18 Å². The highest BCUT2D eigenvalue weighted by Crippen LogP contribution is 2.24. The van der Waals surface area contributed by atoms with Gasteiger partial charge in [0.25, 0.3) is 5.91 Å². The van der Waals surface area contributed by atoms with Gasteiger partial charge in [-0.3, -0.25) is 4.79 Å². The van der Waals surface area contributed by atoms with Crippen LogP contribution in [0.3, 0.4) is 0 Å². The molecule has 0 saturated heterocycles. The summed E-state index contributed by atoms with van der Waals surface area (Å²) in [5.74, 6) is -0.174. The summed E-state index contributed by atoms with van der Waals surface area (Å²) in [5.41, 5.74) is 3.14. The molecule has 0 radical (unpaired) electrons. The van der Waals surface area contributed by atoms with Gasteiger partial charge in [-0.2, -0.15) is 5.10 Å². The normalized spacial score (nSPS) is 10.8. The molecular formula is C23H22FN5O2. The first kappa shape index (κ1) is 20.3. The first-order chi connectivity index (χ1) is 14.9. The Hall–Kier alpha value is -3.94. The molecule has 0 atom stereocenters. The number of hydrogen-bond donors (Lipinski definition) is 1. The number of benzene rings is 2. The topological polar surface area (TPSA) is 71.8 Å². The minimum absolute atomic E-state index is 0.110. The van der Waals surface area contributed by atoms with Gasteiger partial charge in [0, 0.05) is 31.4 Å². The summed E-state index contributed by atoms with van der Waals surface area (Å²) in [4.78, 5) is 19.4. The molecule has 0 aliphatic rings. The Balaban J connectivity index is 1.62. The lowest BCUT2D eigenvalue weighted by atomic mass is 10.2. The van der Waals surface area contributed by atoms with Crippen LogP contribution in [-0.2, 0) is 6.54 Å². The average molecular weight is 419 g/mol. The number of aromatic nitrogens is 3. The van der Waals surface area contributed by atoms with Crippen molar-refractivity contribution < 1.29 is 13.9 Å². The number of anilines is 2. The third-order valence-corrected chi connectivity index (χ3v) is 4.82. The Morgan fingerprint density at radius 1 is 1.19 bits per heavy atom. The van der Waals surface area contributed by atoms with Crippen molar-refractivity contribution in [3.8, 4) is 5.75 Å². The van der Waals surface area contributed by atoms with Crippen LogP contribution in [0.15, 0.2) is 60.8 Å². The van der Waals surface area contributed by atoms with Gasteiger partial charge in [0.05, 0.1) is 19.0 Å². The number of nitrogens with zero attached hydrogens (tertiary/aromatic N) is 4. The van der Waals surface area contributed by atoms with E-state index >= 15 is 0 Å². The van der Waals surface area contributed by atoms with Crippen molar-refractivity contribution in [1.82, 2.24) is 14.6 Å². The van der Waals surface area contributed by atoms with Gasteiger partial charge in [-0.1, -0.05) is 30.3 Å². The molecule has 4 rings (SSSR count). The van der Waals surface area contributed by atoms with Crippen molar-refractivity contribution in [3.05, 3.63) is 83.6 Å². The lowest BCUT2D eigenvalue weighted by Gasteiger charge is -2.19. The van der Waals surface area contributed by atoms with Gasteiger partial charge in [0.1, 0.15) is 5.52 Å². The largest absolute Gasteiger partial charge is 0.494 e. The number of nitrogens with one attached hydrogen (secondary N) is 1. The number of methoxy groups -OCH3 is 1. The Morgan fingerprint density at radius 3 is 2.68 bits per heavy atom. The maximum Gasteiger partial charge on any atom is 0.276 e. The summed E-state index contributed by atoms with van der Waals surface area (Å²) in [6.07, 6.45) is 1.76. The zero-order valence-electron chi connectivity index (χ0n) is 17.5. The summed E-state index contributed by atoms with van der Waals surface area (Å²) in [6.45, 7) is 2.53. The molecule has 1 amide bonds. The number of carbonyl (C=O) groups is 1. The van der Waals surface area contributed by atoms with Crippen LogP contribution in [-0.4, -0.2) is 34.7 Å². The van der Waals surface area contributed by atoms with Crippen LogP contribution in [0.1, 0.15) is 21.7 Å². The summed E-state index contributed by atoms with van der Waals surface area (Å²) in [7, 11) is 3.33. The van der Waals surface area contributed by atoms with E-state index in [0.717, 1.165) is 11.3 Å². The molecule has 0 saturated carbocycles. The van der Waals surface area contributed by atoms with Gasteiger partial charge in [0.15, 0.2) is 23.1 Å². The van der Waals surface area contributed by atoms with Crippen LogP contribution in [0.4, 0.5) is 15.9 Å². The molecule has 0 spiro atoms. The fourth-order valence-electron chi connectivity index (χ4n) is 3.35. The second-order valence-corrected chi connectivity index (χ2v) is 7.21. The predicted octanol–water partition coefficient (Wildman–Crippen LogP) is 4.07. The Kier molecular flexibility index (Phi) is 5.53. The molecule has 0 unspecified atom stereocenters. The summed E-state index contributed by atoms with van der Waals surface area (Å²) < 4.78 is 20.5. The van der Waals surface area contributed by atoms with E-state index in [4.69, 9.17) is 4.74 Å². The van der Waals surface area contributed by atoms with E-state index < -0.39 is 11.7 Å². The molecule has 0 bridgehead atoms. The molecule has 31 heavy (non-hydrogen) atoms. The molecule has 0 fully saturated rings. The van der Waals surface area contributed by atoms with Gasteiger partial charge >= 0.3 is 0 Å². The quantitative estimate of drug-likeness (QED) is 0.510. The number of hydrogen-bond acceptors (Lipinski definition) is 5. The number of ether oxygens (including phenoxy) is 1. The summed E-state index contributed by atoms with van der Waals surface area (Å²) in [6, 6.07) is 16.0. The fourth-order valence-corrected chi connectivity index (χ4v) is 3.35. The van der Waals surface area contributed by atoms with Crippen molar-refractivity contribution in [1.29, 1.82) is 0 Å². The first-order valence-corrected chi connectivity index (χ1v) is 9.71. The third kappa shape index (κ3) is 4.32. The van der Waals surface area contributed by atoms with Crippen LogP contribution in [0.25, 0.3) is 5.52 Å². The summed E-state index contributed by atoms with van der Waals surface area (Å²) in [5, 5.41) is 7.07. The van der Waals surface area contributed by atoms with Gasteiger partial charge in [-0.15, -0.1) is 0 Å². The van der Waals surface area contributed by atoms with E-state index in [1.165, 1.54) is 19.2 Å². The van der Waals surface area contributed by atoms with Gasteiger partial charge in [0.2, 0.25) is 0 Å². The molecule has 4 aromatic rings. The second-order valence-electron chi connectivity index (χ2n) is 7.21. The number of fused-ring (bicyclic) bond motifs is 1. The van der Waals surface area contributed by atoms with Gasteiger partial charge in [-0.25, -0.2) is 13.9 Å². The molecule has 2 aromatic carbocycles. The number of aryl methyl sites for hydroxylation is 1. The molecule has 7 nitrogen and oxygen atoms in total. The molecule has 1 N–H and O–H groups in total. The number of carbonyl (C=O) groups excluding carboxylic acids is 1. The third-order valence-electron chi connectivity index (χ3n) is 4.82. The van der Waals surface area contributed by atoms with Crippen LogP contribution in [0, 0.1) is 12.7 Å². The van der Waals surface area contributed by atoms with Crippen molar-refractivity contribution in [3.63, 3.8) is 0 Å². The first-order valence-electron chi connectivity index (χ1n) is 9.71. The molecule has 158 valence electrons. The van der Waals surface area contributed by atoms with Crippen LogP contribution in [0.5, 0.6) is 5.75 Å². The van der Waals surface area contributed by atoms with E-state index in [1.54, 1.807) is 22.8 Å². The van der Waals surface area contributed by atoms with Gasteiger partial charge < -0.3 is 15.0 Å². The van der Waals surface area contributed by atoms with E-state index in [-0.39, 0.29) is 11.4 Å². The Bertz CT molecular complexity index is 1240. The minimum atomic E-state index is -0.556. The van der Waals surface area contributed by atoms with E-state index in [1.807, 2.05) is 49.2 Å². The summed E-state index contributed by atoms with van der Waals surface area (Å²) >= 11 is 0.